The Morgan fingerprint density at radius 2 is 2.17 bits per heavy atom. The fourth-order valence-corrected chi connectivity index (χ4v) is 2.79. The highest BCUT2D eigenvalue weighted by atomic mass is 35.5. The predicted octanol–water partition coefficient (Wildman–Crippen LogP) is 3.30. The number of hydrogen-bond acceptors (Lipinski definition) is 2. The third-order valence-corrected chi connectivity index (χ3v) is 3.60. The van der Waals surface area contributed by atoms with Crippen molar-refractivity contribution in [2.24, 2.45) is 0 Å². The van der Waals surface area contributed by atoms with E-state index in [2.05, 4.69) is 36.5 Å². The van der Waals surface area contributed by atoms with E-state index >= 15 is 0 Å². The second-order valence-corrected chi connectivity index (χ2v) is 5.88. The van der Waals surface area contributed by atoms with E-state index in [4.69, 9.17) is 16.3 Å². The summed E-state index contributed by atoms with van der Waals surface area (Å²) < 4.78 is 5.86. The molecule has 0 fully saturated rings. The van der Waals surface area contributed by atoms with Gasteiger partial charge in [0.25, 0.3) is 0 Å². The summed E-state index contributed by atoms with van der Waals surface area (Å²) in [4.78, 5) is 0. The summed E-state index contributed by atoms with van der Waals surface area (Å²) >= 11 is 6.00. The number of ether oxygens (including phenoxy) is 1. The summed E-state index contributed by atoms with van der Waals surface area (Å²) in [5.74, 6) is 0. The van der Waals surface area contributed by atoms with Gasteiger partial charge in [-0.2, -0.15) is 0 Å². The van der Waals surface area contributed by atoms with Crippen molar-refractivity contribution in [2.45, 2.75) is 44.2 Å². The quantitative estimate of drug-likeness (QED) is 0.827. The highest BCUT2D eigenvalue weighted by molar-refractivity contribution is 6.20. The Balaban J connectivity index is 1.91. The van der Waals surface area contributed by atoms with Crippen LogP contribution in [0.1, 0.15) is 37.5 Å². The standard InChI is InChI=1S/C15H22ClNO/c1-11(16)9-12(2)17-10-15-14-6-4-3-5-13(14)7-8-18-15/h3-6,11-12,15,17H,7-10H2,1-2H3. The van der Waals surface area contributed by atoms with Gasteiger partial charge < -0.3 is 10.1 Å². The third-order valence-electron chi connectivity index (χ3n) is 3.42. The van der Waals surface area contributed by atoms with Crippen LogP contribution in [0.4, 0.5) is 0 Å². The van der Waals surface area contributed by atoms with E-state index in [9.17, 15) is 0 Å². The van der Waals surface area contributed by atoms with Crippen molar-refractivity contribution < 1.29 is 4.74 Å². The lowest BCUT2D eigenvalue weighted by atomic mass is 9.97. The van der Waals surface area contributed by atoms with E-state index in [1.54, 1.807) is 0 Å². The van der Waals surface area contributed by atoms with Crippen LogP contribution < -0.4 is 5.32 Å². The first-order valence-electron chi connectivity index (χ1n) is 6.73. The molecule has 0 saturated carbocycles. The molecule has 0 amide bonds. The van der Waals surface area contributed by atoms with E-state index in [0.29, 0.717) is 6.04 Å². The molecule has 2 rings (SSSR count). The first-order chi connectivity index (χ1) is 8.66. The van der Waals surface area contributed by atoms with Gasteiger partial charge in [0, 0.05) is 18.0 Å². The maximum absolute atomic E-state index is 6.00. The van der Waals surface area contributed by atoms with Crippen LogP contribution >= 0.6 is 11.6 Å². The van der Waals surface area contributed by atoms with E-state index in [-0.39, 0.29) is 11.5 Å². The number of rotatable bonds is 5. The number of alkyl halides is 1. The zero-order valence-corrected chi connectivity index (χ0v) is 11.9. The summed E-state index contributed by atoms with van der Waals surface area (Å²) in [7, 11) is 0. The Labute approximate surface area is 115 Å². The molecule has 3 atom stereocenters. The van der Waals surface area contributed by atoms with Crippen LogP contribution in [0.3, 0.4) is 0 Å². The van der Waals surface area contributed by atoms with Gasteiger partial charge in [0.2, 0.25) is 0 Å². The van der Waals surface area contributed by atoms with Crippen LogP contribution in [-0.2, 0) is 11.2 Å². The second kappa shape index (κ2) is 6.55. The van der Waals surface area contributed by atoms with Crippen molar-refractivity contribution in [1.82, 2.24) is 5.32 Å². The molecule has 0 bridgehead atoms. The monoisotopic (exact) mass is 267 g/mol. The van der Waals surface area contributed by atoms with Crippen molar-refractivity contribution in [3.8, 4) is 0 Å². The minimum Gasteiger partial charge on any atom is -0.372 e. The third kappa shape index (κ3) is 3.71. The Kier molecular flexibility index (Phi) is 5.04. The van der Waals surface area contributed by atoms with Crippen LogP contribution in [0.2, 0.25) is 0 Å². The zero-order chi connectivity index (χ0) is 13.0. The first kappa shape index (κ1) is 13.9. The fraction of sp³-hybridized carbons (Fsp3) is 0.600. The van der Waals surface area contributed by atoms with Crippen molar-refractivity contribution in [3.63, 3.8) is 0 Å². The molecule has 18 heavy (non-hydrogen) atoms. The van der Waals surface area contributed by atoms with E-state index < -0.39 is 0 Å². The summed E-state index contributed by atoms with van der Waals surface area (Å²) in [6.07, 6.45) is 2.19. The van der Waals surface area contributed by atoms with Gasteiger partial charge >= 0.3 is 0 Å². The van der Waals surface area contributed by atoms with Crippen LogP contribution in [0, 0.1) is 0 Å². The molecule has 0 saturated heterocycles. The lowest BCUT2D eigenvalue weighted by Gasteiger charge is -2.27. The maximum Gasteiger partial charge on any atom is 0.0952 e. The average Bonchev–Trinajstić information content (AvgIpc) is 2.35. The fourth-order valence-electron chi connectivity index (χ4n) is 2.52. The van der Waals surface area contributed by atoms with E-state index in [1.165, 1.54) is 11.1 Å². The van der Waals surface area contributed by atoms with Crippen molar-refractivity contribution in [1.29, 1.82) is 0 Å². The molecule has 0 spiro atoms. The first-order valence-corrected chi connectivity index (χ1v) is 7.17. The Morgan fingerprint density at radius 1 is 1.39 bits per heavy atom. The average molecular weight is 268 g/mol. The van der Waals surface area contributed by atoms with Crippen LogP contribution in [-0.4, -0.2) is 24.6 Å². The molecule has 1 aromatic carbocycles. The Bertz CT molecular complexity index is 381. The van der Waals surface area contributed by atoms with Gasteiger partial charge in [-0.1, -0.05) is 24.3 Å². The molecule has 3 heteroatoms. The lowest BCUT2D eigenvalue weighted by molar-refractivity contribution is 0.0408. The van der Waals surface area contributed by atoms with Gasteiger partial charge in [-0.3, -0.25) is 0 Å². The SMILES string of the molecule is CC(Cl)CC(C)NCC1OCCc2ccccc21. The Morgan fingerprint density at radius 3 is 2.94 bits per heavy atom. The number of halogens is 1. The molecule has 1 heterocycles. The van der Waals surface area contributed by atoms with Crippen LogP contribution in [0.5, 0.6) is 0 Å². The van der Waals surface area contributed by atoms with E-state index in [0.717, 1.165) is 26.0 Å². The summed E-state index contributed by atoms with van der Waals surface area (Å²) in [5, 5.41) is 3.73. The summed E-state index contributed by atoms with van der Waals surface area (Å²) in [5.41, 5.74) is 2.76. The van der Waals surface area contributed by atoms with Gasteiger partial charge in [-0.15, -0.1) is 11.6 Å². The highest BCUT2D eigenvalue weighted by Crippen LogP contribution is 2.26. The van der Waals surface area contributed by atoms with Gasteiger partial charge in [0.15, 0.2) is 0 Å². The predicted molar refractivity (Wildman–Crippen MR) is 76.2 cm³/mol. The zero-order valence-electron chi connectivity index (χ0n) is 11.2. The summed E-state index contributed by atoms with van der Waals surface area (Å²) in [6.45, 7) is 5.89. The molecule has 0 aromatic heterocycles. The van der Waals surface area contributed by atoms with E-state index in [1.807, 2.05) is 6.92 Å². The van der Waals surface area contributed by atoms with Crippen LogP contribution in [0.25, 0.3) is 0 Å². The molecule has 100 valence electrons. The van der Waals surface area contributed by atoms with Gasteiger partial charge in [0.1, 0.15) is 0 Å². The minimum atomic E-state index is 0.183. The van der Waals surface area contributed by atoms with Gasteiger partial charge in [-0.05, 0) is 37.8 Å². The molecule has 1 aromatic rings. The number of benzene rings is 1. The number of fused-ring (bicyclic) bond motifs is 1. The molecule has 1 aliphatic rings. The van der Waals surface area contributed by atoms with Crippen molar-refractivity contribution >= 4 is 11.6 Å². The van der Waals surface area contributed by atoms with Crippen molar-refractivity contribution in [2.75, 3.05) is 13.2 Å². The molecular weight excluding hydrogens is 246 g/mol. The molecular formula is C15H22ClNO. The molecule has 0 aliphatic carbocycles. The minimum absolute atomic E-state index is 0.183. The second-order valence-electron chi connectivity index (χ2n) is 5.13. The smallest absolute Gasteiger partial charge is 0.0952 e. The maximum atomic E-state index is 6.00. The molecule has 3 unspecified atom stereocenters. The molecule has 0 radical (unpaired) electrons. The lowest BCUT2D eigenvalue weighted by Crippen LogP contribution is -2.34. The van der Waals surface area contributed by atoms with Crippen molar-refractivity contribution in [3.05, 3.63) is 35.4 Å². The molecule has 1 aliphatic heterocycles. The Hall–Kier alpha value is -0.570. The largest absolute Gasteiger partial charge is 0.372 e. The molecule has 2 nitrogen and oxygen atoms in total. The van der Waals surface area contributed by atoms with Crippen LogP contribution in [0.15, 0.2) is 24.3 Å². The topological polar surface area (TPSA) is 21.3 Å². The van der Waals surface area contributed by atoms with Gasteiger partial charge in [-0.25, -0.2) is 0 Å². The van der Waals surface area contributed by atoms with Gasteiger partial charge in [0.05, 0.1) is 12.7 Å². The number of hydrogen-bond donors (Lipinski definition) is 1. The summed E-state index contributed by atoms with van der Waals surface area (Å²) in [6, 6.07) is 9.00. The highest BCUT2D eigenvalue weighted by Gasteiger charge is 2.20. The normalized spacial score (nSPS) is 22.3. The molecule has 1 N–H and O–H groups in total. The number of nitrogens with one attached hydrogen (secondary N) is 1.